The van der Waals surface area contributed by atoms with E-state index in [9.17, 15) is 19.5 Å². The van der Waals surface area contributed by atoms with Crippen LogP contribution in [0.4, 0.5) is 5.69 Å². The Hall–Kier alpha value is -4.35. The number of rotatable bonds is 14. The molecule has 252 valence electrons. The lowest BCUT2D eigenvalue weighted by atomic mass is 9.84. The molecule has 1 aromatic heterocycles. The number of likely N-dealkylation sites (tertiary alicyclic amines) is 1. The molecule has 3 heterocycles. The molecule has 1 saturated heterocycles. The lowest BCUT2D eigenvalue weighted by Crippen LogP contribution is -2.45. The minimum atomic E-state index is -0.956. The van der Waals surface area contributed by atoms with Gasteiger partial charge in [-0.05, 0) is 48.7 Å². The first-order chi connectivity index (χ1) is 22.5. The van der Waals surface area contributed by atoms with E-state index >= 15 is 0 Å². The van der Waals surface area contributed by atoms with E-state index in [0.29, 0.717) is 43.3 Å². The monoisotopic (exact) mass is 647 g/mol. The van der Waals surface area contributed by atoms with Crippen LogP contribution >= 0.6 is 0 Å². The number of carboxylic acids is 1. The average molecular weight is 648 g/mol. The average Bonchev–Trinajstić information content (AvgIpc) is 3.64. The number of hydrogen-bond acceptors (Lipinski definition) is 7. The van der Waals surface area contributed by atoms with Gasteiger partial charge in [0.05, 0.1) is 40.7 Å². The molecule has 2 aromatic carbocycles. The molecular formula is C36H47N4O7+. The normalized spacial score (nSPS) is 19.1. The van der Waals surface area contributed by atoms with Crippen LogP contribution in [0.1, 0.15) is 43.2 Å². The van der Waals surface area contributed by atoms with Crippen LogP contribution in [-0.2, 0) is 22.7 Å². The predicted molar refractivity (Wildman–Crippen MR) is 179 cm³/mol. The quantitative estimate of drug-likeness (QED) is 0.260. The molecule has 1 amide bonds. The van der Waals surface area contributed by atoms with Crippen LogP contribution in [0.25, 0.3) is 0 Å². The number of aromatic nitrogens is 1. The Bertz CT molecular complexity index is 1630. The van der Waals surface area contributed by atoms with Crippen molar-refractivity contribution in [1.29, 1.82) is 0 Å². The molecule has 0 radical (unpaired) electrons. The Morgan fingerprint density at radius 3 is 2.60 bits per heavy atom. The van der Waals surface area contributed by atoms with E-state index in [1.807, 2.05) is 34.1 Å². The van der Waals surface area contributed by atoms with Gasteiger partial charge in [0.2, 0.25) is 24.0 Å². The molecule has 3 aromatic rings. The van der Waals surface area contributed by atoms with E-state index < -0.39 is 23.8 Å². The number of unbranched alkanes of at least 4 members (excludes halogenated alkanes) is 1. The summed E-state index contributed by atoms with van der Waals surface area (Å²) in [7, 11) is 7.94. The van der Waals surface area contributed by atoms with Crippen LogP contribution in [0.15, 0.2) is 65.6 Å². The highest BCUT2D eigenvalue weighted by Crippen LogP contribution is 2.47. The van der Waals surface area contributed by atoms with E-state index in [2.05, 4.69) is 40.2 Å². The lowest BCUT2D eigenvalue weighted by molar-refractivity contribution is -0.884. The molecule has 11 nitrogen and oxygen atoms in total. The summed E-state index contributed by atoms with van der Waals surface area (Å²) in [5, 5.41) is 10.7. The second-order valence-corrected chi connectivity index (χ2v) is 13.5. The van der Waals surface area contributed by atoms with Crippen LogP contribution in [0.3, 0.4) is 0 Å². The van der Waals surface area contributed by atoms with E-state index in [-0.39, 0.29) is 24.8 Å². The minimum absolute atomic E-state index is 0.0413. The number of methoxy groups -OCH3 is 1. The molecule has 0 unspecified atom stereocenters. The summed E-state index contributed by atoms with van der Waals surface area (Å²) in [6.45, 7) is 4.23. The molecule has 0 spiro atoms. The van der Waals surface area contributed by atoms with Gasteiger partial charge in [0.1, 0.15) is 6.54 Å². The highest BCUT2D eigenvalue weighted by molar-refractivity contribution is 5.95. The molecule has 0 saturated carbocycles. The Labute approximate surface area is 276 Å². The Balaban J connectivity index is 1.48. The summed E-state index contributed by atoms with van der Waals surface area (Å²) < 4.78 is 19.2. The summed E-state index contributed by atoms with van der Waals surface area (Å²) in [6, 6.07) is 16.2. The SMILES string of the molecule is CCCCN(C(=O)CN1C[C@H](c2cc(OC)c3c(c2)OCO3)[C@@H](C(=O)O)[C@@H]1CCn1ccccc1=O)c1cccc(C[N+](C)(C)C)c1. The largest absolute Gasteiger partial charge is 0.493 e. The molecule has 5 rings (SSSR count). The topological polar surface area (TPSA) is 111 Å². The van der Waals surface area contributed by atoms with Gasteiger partial charge in [0.15, 0.2) is 11.5 Å². The number of nitrogens with zero attached hydrogens (tertiary/aromatic N) is 4. The van der Waals surface area contributed by atoms with Crippen LogP contribution in [-0.4, -0.2) is 91.7 Å². The third-order valence-corrected chi connectivity index (χ3v) is 8.96. The second-order valence-electron chi connectivity index (χ2n) is 13.5. The fourth-order valence-electron chi connectivity index (χ4n) is 6.81. The number of amides is 1. The zero-order chi connectivity index (χ0) is 33.7. The van der Waals surface area contributed by atoms with Crippen molar-refractivity contribution < 1.29 is 33.4 Å². The Kier molecular flexibility index (Phi) is 10.6. The van der Waals surface area contributed by atoms with Crippen LogP contribution in [0.2, 0.25) is 0 Å². The molecule has 0 bridgehead atoms. The number of fused-ring (bicyclic) bond motifs is 1. The number of aryl methyl sites for hydroxylation is 1. The molecule has 2 aliphatic heterocycles. The van der Waals surface area contributed by atoms with Gasteiger partial charge in [0, 0.05) is 55.1 Å². The van der Waals surface area contributed by atoms with Crippen LogP contribution < -0.4 is 24.7 Å². The first-order valence-corrected chi connectivity index (χ1v) is 16.3. The third-order valence-electron chi connectivity index (χ3n) is 8.96. The molecule has 3 atom stereocenters. The van der Waals surface area contributed by atoms with Gasteiger partial charge in [-0.1, -0.05) is 31.5 Å². The lowest BCUT2D eigenvalue weighted by Gasteiger charge is -2.30. The number of pyridine rings is 1. The van der Waals surface area contributed by atoms with Crippen molar-refractivity contribution in [1.82, 2.24) is 9.47 Å². The summed E-state index contributed by atoms with van der Waals surface area (Å²) in [5.74, 6) is -0.876. The predicted octanol–water partition coefficient (Wildman–Crippen LogP) is 4.18. The first-order valence-electron chi connectivity index (χ1n) is 16.3. The molecule has 11 heteroatoms. The maximum absolute atomic E-state index is 14.3. The van der Waals surface area contributed by atoms with Crippen molar-refractivity contribution in [3.63, 3.8) is 0 Å². The summed E-state index contributed by atoms with van der Waals surface area (Å²) in [4.78, 5) is 43.7. The zero-order valence-electron chi connectivity index (χ0n) is 28.1. The van der Waals surface area contributed by atoms with E-state index in [0.717, 1.165) is 40.7 Å². The van der Waals surface area contributed by atoms with Crippen molar-refractivity contribution in [3.8, 4) is 17.2 Å². The standard InChI is InChI=1S/C36H46N4O7/c1-6-7-16-39(27-12-10-11-25(18-27)23-40(2,3)4)33(42)22-38-21-28(26-19-30(45-5)35-31(20-26)46-24-47-35)34(36(43)44)29(38)14-17-37-15-9-8-13-32(37)41/h8-13,15,18-20,28-29,34H,6-7,14,16-17,21-24H2,1-5H3/p+1/t28-,29+,34-/m1/s1. The van der Waals surface area contributed by atoms with Gasteiger partial charge in [-0.25, -0.2) is 0 Å². The zero-order valence-corrected chi connectivity index (χ0v) is 28.1. The van der Waals surface area contributed by atoms with Gasteiger partial charge in [0.25, 0.3) is 0 Å². The number of anilines is 1. The van der Waals surface area contributed by atoms with Crippen molar-refractivity contribution in [3.05, 3.63) is 82.3 Å². The molecule has 2 aliphatic rings. The fraction of sp³-hybridized carbons (Fsp3) is 0.472. The van der Waals surface area contributed by atoms with Crippen molar-refractivity contribution in [2.75, 3.05) is 59.6 Å². The molecular weight excluding hydrogens is 600 g/mol. The third kappa shape index (κ3) is 7.97. The van der Waals surface area contributed by atoms with Gasteiger partial charge in [-0.3, -0.25) is 19.3 Å². The molecule has 47 heavy (non-hydrogen) atoms. The summed E-state index contributed by atoms with van der Waals surface area (Å²) in [5.41, 5.74) is 2.56. The highest BCUT2D eigenvalue weighted by Gasteiger charge is 2.47. The maximum atomic E-state index is 14.3. The summed E-state index contributed by atoms with van der Waals surface area (Å²) >= 11 is 0. The van der Waals surface area contributed by atoms with E-state index in [1.165, 1.54) is 13.2 Å². The van der Waals surface area contributed by atoms with Crippen molar-refractivity contribution >= 4 is 17.6 Å². The number of carbonyl (C=O) groups excluding carboxylic acids is 1. The highest BCUT2D eigenvalue weighted by atomic mass is 16.7. The second kappa shape index (κ2) is 14.6. The molecule has 1 fully saturated rings. The Morgan fingerprint density at radius 1 is 1.09 bits per heavy atom. The number of benzene rings is 2. The number of hydrogen-bond donors (Lipinski definition) is 1. The van der Waals surface area contributed by atoms with Crippen molar-refractivity contribution in [2.24, 2.45) is 5.92 Å². The van der Waals surface area contributed by atoms with Gasteiger partial charge < -0.3 is 33.3 Å². The maximum Gasteiger partial charge on any atom is 0.308 e. The van der Waals surface area contributed by atoms with Crippen LogP contribution in [0, 0.1) is 5.92 Å². The van der Waals surface area contributed by atoms with Gasteiger partial charge in [-0.15, -0.1) is 0 Å². The number of ether oxygens (including phenoxy) is 3. The number of aliphatic carboxylic acids is 1. The van der Waals surface area contributed by atoms with Crippen LogP contribution in [0.5, 0.6) is 17.2 Å². The smallest absolute Gasteiger partial charge is 0.308 e. The van der Waals surface area contributed by atoms with Gasteiger partial charge in [-0.2, -0.15) is 0 Å². The summed E-state index contributed by atoms with van der Waals surface area (Å²) in [6.07, 6.45) is 3.84. The van der Waals surface area contributed by atoms with Crippen molar-refractivity contribution in [2.45, 2.75) is 51.2 Å². The fourth-order valence-corrected chi connectivity index (χ4v) is 6.81. The molecule has 1 N–H and O–H groups in total. The first kappa shape index (κ1) is 34.0. The Morgan fingerprint density at radius 2 is 1.89 bits per heavy atom. The number of carbonyl (C=O) groups is 2. The van der Waals surface area contributed by atoms with Gasteiger partial charge >= 0.3 is 5.97 Å². The van der Waals surface area contributed by atoms with E-state index in [1.54, 1.807) is 22.9 Å². The van der Waals surface area contributed by atoms with E-state index in [4.69, 9.17) is 14.2 Å². The number of quaternary nitrogens is 1. The molecule has 0 aliphatic carbocycles. The number of carboxylic acid groups (broad SMARTS) is 1. The minimum Gasteiger partial charge on any atom is -0.493 e.